The Labute approximate surface area is 164 Å². The number of esters is 1. The number of allylic oxidation sites excluding steroid dienone is 2. The van der Waals surface area contributed by atoms with E-state index in [-0.39, 0.29) is 5.97 Å². The zero-order chi connectivity index (χ0) is 19.4. The fraction of sp³-hybridized carbons (Fsp3) is 0.625. The van der Waals surface area contributed by atoms with Crippen LogP contribution in [-0.4, -0.2) is 5.97 Å². The maximum Gasteiger partial charge on any atom is 0.308 e. The first kappa shape index (κ1) is 20.0. The minimum atomic E-state index is -0.263. The van der Waals surface area contributed by atoms with Crippen LogP contribution in [0.2, 0.25) is 0 Å². The standard InChI is InChI=1S/C24H34O3/c1-5-6-7-10-16(2)17(3)20-14-23(26-18(4)25)21-13-19-11-8-9-12-22(19)27-24(21)15-20/h14-17H,5-13H2,1-4H3. The van der Waals surface area contributed by atoms with Gasteiger partial charge in [0.2, 0.25) is 0 Å². The molecule has 3 rings (SSSR count). The zero-order valence-corrected chi connectivity index (χ0v) is 17.4. The topological polar surface area (TPSA) is 35.5 Å². The van der Waals surface area contributed by atoms with Crippen molar-refractivity contribution in [2.75, 3.05) is 0 Å². The van der Waals surface area contributed by atoms with Crippen LogP contribution in [0.25, 0.3) is 0 Å². The van der Waals surface area contributed by atoms with Crippen molar-refractivity contribution in [3.63, 3.8) is 0 Å². The summed E-state index contributed by atoms with van der Waals surface area (Å²) in [6.45, 7) is 8.33. The van der Waals surface area contributed by atoms with Gasteiger partial charge >= 0.3 is 5.97 Å². The highest BCUT2D eigenvalue weighted by Crippen LogP contribution is 2.44. The molecule has 0 amide bonds. The largest absolute Gasteiger partial charge is 0.461 e. The van der Waals surface area contributed by atoms with E-state index in [1.54, 1.807) is 0 Å². The van der Waals surface area contributed by atoms with Gasteiger partial charge in [0.25, 0.3) is 0 Å². The van der Waals surface area contributed by atoms with Gasteiger partial charge < -0.3 is 9.47 Å². The van der Waals surface area contributed by atoms with E-state index >= 15 is 0 Å². The quantitative estimate of drug-likeness (QED) is 0.304. The summed E-state index contributed by atoms with van der Waals surface area (Å²) >= 11 is 0. The minimum absolute atomic E-state index is 0.263. The predicted octanol–water partition coefficient (Wildman–Crippen LogP) is 6.69. The number of fused-ring (bicyclic) bond motifs is 1. The van der Waals surface area contributed by atoms with E-state index in [4.69, 9.17) is 9.47 Å². The summed E-state index contributed by atoms with van der Waals surface area (Å²) in [4.78, 5) is 11.7. The Kier molecular flexibility index (Phi) is 6.62. The van der Waals surface area contributed by atoms with E-state index in [2.05, 4.69) is 32.9 Å². The third kappa shape index (κ3) is 4.75. The molecule has 1 aromatic carbocycles. The highest BCUT2D eigenvalue weighted by molar-refractivity contribution is 5.71. The molecule has 0 bridgehead atoms. The molecule has 1 aliphatic heterocycles. The fourth-order valence-corrected chi connectivity index (χ4v) is 4.31. The number of hydrogen-bond donors (Lipinski definition) is 0. The van der Waals surface area contributed by atoms with E-state index in [9.17, 15) is 4.79 Å². The van der Waals surface area contributed by atoms with Crippen LogP contribution in [0.5, 0.6) is 11.5 Å². The zero-order valence-electron chi connectivity index (χ0n) is 17.4. The van der Waals surface area contributed by atoms with Crippen LogP contribution < -0.4 is 9.47 Å². The number of carbonyl (C=O) groups excluding carboxylic acids is 1. The SMILES string of the molecule is CCCCCC(C)C(C)c1cc(OC(C)=O)c2c(c1)OC1=C(CCCC1)C2. The third-order valence-corrected chi connectivity index (χ3v) is 6.24. The second kappa shape index (κ2) is 8.95. The smallest absolute Gasteiger partial charge is 0.308 e. The number of carbonyl (C=O) groups is 1. The van der Waals surface area contributed by atoms with Gasteiger partial charge in [-0.2, -0.15) is 0 Å². The Morgan fingerprint density at radius 1 is 1.19 bits per heavy atom. The maximum atomic E-state index is 11.7. The lowest BCUT2D eigenvalue weighted by atomic mass is 9.83. The van der Waals surface area contributed by atoms with Crippen LogP contribution >= 0.6 is 0 Å². The van der Waals surface area contributed by atoms with Crippen molar-refractivity contribution < 1.29 is 14.3 Å². The molecule has 2 atom stereocenters. The Hall–Kier alpha value is -1.77. The fourth-order valence-electron chi connectivity index (χ4n) is 4.31. The molecule has 1 heterocycles. The summed E-state index contributed by atoms with van der Waals surface area (Å²) in [7, 11) is 0. The van der Waals surface area contributed by atoms with Gasteiger partial charge in [-0.15, -0.1) is 0 Å². The first-order chi connectivity index (χ1) is 13.0. The molecule has 1 aliphatic carbocycles. The van der Waals surface area contributed by atoms with E-state index in [0.29, 0.717) is 17.6 Å². The van der Waals surface area contributed by atoms with Crippen molar-refractivity contribution in [3.8, 4) is 11.5 Å². The van der Waals surface area contributed by atoms with Crippen LogP contribution in [0.15, 0.2) is 23.5 Å². The second-order valence-electron chi connectivity index (χ2n) is 8.36. The van der Waals surface area contributed by atoms with Gasteiger partial charge in [-0.1, -0.05) is 46.5 Å². The molecular formula is C24H34O3. The lowest BCUT2D eigenvalue weighted by molar-refractivity contribution is -0.131. The van der Waals surface area contributed by atoms with Gasteiger partial charge in [0.05, 0.1) is 0 Å². The molecule has 0 N–H and O–H groups in total. The minimum Gasteiger partial charge on any atom is -0.461 e. The van der Waals surface area contributed by atoms with Crippen molar-refractivity contribution in [2.24, 2.45) is 5.92 Å². The van der Waals surface area contributed by atoms with Gasteiger partial charge in [-0.05, 0) is 54.4 Å². The highest BCUT2D eigenvalue weighted by atomic mass is 16.5. The number of benzene rings is 1. The molecule has 3 heteroatoms. The number of rotatable bonds is 7. The van der Waals surface area contributed by atoms with Gasteiger partial charge in [-0.3, -0.25) is 4.79 Å². The normalized spacial score (nSPS) is 18.2. The van der Waals surface area contributed by atoms with Gasteiger partial charge in [0, 0.05) is 25.3 Å². The molecule has 148 valence electrons. The summed E-state index contributed by atoms with van der Waals surface area (Å²) in [5.74, 6) is 3.49. The van der Waals surface area contributed by atoms with Crippen LogP contribution in [-0.2, 0) is 11.2 Å². The van der Waals surface area contributed by atoms with E-state index in [1.165, 1.54) is 56.6 Å². The molecule has 0 saturated heterocycles. The monoisotopic (exact) mass is 370 g/mol. The van der Waals surface area contributed by atoms with Crippen molar-refractivity contribution in [2.45, 2.75) is 91.4 Å². The first-order valence-corrected chi connectivity index (χ1v) is 10.7. The summed E-state index contributed by atoms with van der Waals surface area (Å²) in [6, 6.07) is 4.28. The van der Waals surface area contributed by atoms with E-state index in [0.717, 1.165) is 36.3 Å². The van der Waals surface area contributed by atoms with Crippen molar-refractivity contribution >= 4 is 5.97 Å². The average Bonchev–Trinajstić information content (AvgIpc) is 2.65. The van der Waals surface area contributed by atoms with E-state index < -0.39 is 0 Å². The Bertz CT molecular complexity index is 717. The number of ether oxygens (including phenoxy) is 2. The molecule has 0 radical (unpaired) electrons. The van der Waals surface area contributed by atoms with Crippen molar-refractivity contribution in [1.29, 1.82) is 0 Å². The third-order valence-electron chi connectivity index (χ3n) is 6.24. The van der Waals surface area contributed by atoms with Gasteiger partial charge in [0.15, 0.2) is 0 Å². The molecule has 1 aromatic rings. The Morgan fingerprint density at radius 2 is 1.96 bits per heavy atom. The molecule has 0 fully saturated rings. The summed E-state index contributed by atoms with van der Waals surface area (Å²) < 4.78 is 11.9. The molecule has 0 aromatic heterocycles. The number of unbranched alkanes of at least 4 members (excludes halogenated alkanes) is 2. The average molecular weight is 371 g/mol. The Balaban J connectivity index is 1.88. The second-order valence-corrected chi connectivity index (χ2v) is 8.36. The molecule has 0 spiro atoms. The lowest BCUT2D eigenvalue weighted by Gasteiger charge is -2.29. The van der Waals surface area contributed by atoms with Crippen LogP contribution in [0.3, 0.4) is 0 Å². The summed E-state index contributed by atoms with van der Waals surface area (Å²) in [5.41, 5.74) is 3.64. The first-order valence-electron chi connectivity index (χ1n) is 10.7. The van der Waals surface area contributed by atoms with Gasteiger partial charge in [-0.25, -0.2) is 0 Å². The maximum absolute atomic E-state index is 11.7. The molecule has 27 heavy (non-hydrogen) atoms. The van der Waals surface area contributed by atoms with Crippen LogP contribution in [0.4, 0.5) is 0 Å². The van der Waals surface area contributed by atoms with E-state index in [1.807, 2.05) is 0 Å². The predicted molar refractivity (Wildman–Crippen MR) is 109 cm³/mol. The van der Waals surface area contributed by atoms with Crippen molar-refractivity contribution in [3.05, 3.63) is 34.6 Å². The molecule has 3 nitrogen and oxygen atoms in total. The summed E-state index contributed by atoms with van der Waals surface area (Å²) in [5, 5.41) is 0. The molecule has 2 aliphatic rings. The Morgan fingerprint density at radius 3 is 2.70 bits per heavy atom. The number of hydrogen-bond acceptors (Lipinski definition) is 3. The lowest BCUT2D eigenvalue weighted by Crippen LogP contribution is -2.17. The van der Waals surface area contributed by atoms with Crippen LogP contribution in [0.1, 0.15) is 96.1 Å². The van der Waals surface area contributed by atoms with Crippen molar-refractivity contribution in [1.82, 2.24) is 0 Å². The van der Waals surface area contributed by atoms with Crippen LogP contribution in [0, 0.1) is 5.92 Å². The molecule has 2 unspecified atom stereocenters. The molecular weight excluding hydrogens is 336 g/mol. The van der Waals surface area contributed by atoms with Gasteiger partial charge in [0.1, 0.15) is 17.3 Å². The highest BCUT2D eigenvalue weighted by Gasteiger charge is 2.27. The molecule has 0 saturated carbocycles. The summed E-state index contributed by atoms with van der Waals surface area (Å²) in [6.07, 6.45) is 10.5.